The normalized spacial score (nSPS) is 16.8. The summed E-state index contributed by atoms with van der Waals surface area (Å²) < 4.78 is 3.19. The fraction of sp³-hybridized carbons (Fsp3) is 0.500. The minimum atomic E-state index is -1.09. The van der Waals surface area contributed by atoms with Gasteiger partial charge in [-0.1, -0.05) is 0 Å². The van der Waals surface area contributed by atoms with Gasteiger partial charge in [0, 0.05) is 57.7 Å². The van der Waals surface area contributed by atoms with E-state index in [2.05, 4.69) is 15.1 Å². The van der Waals surface area contributed by atoms with Crippen molar-refractivity contribution in [2.75, 3.05) is 26.2 Å². The summed E-state index contributed by atoms with van der Waals surface area (Å²) in [5.41, 5.74) is 1.11. The van der Waals surface area contributed by atoms with Gasteiger partial charge in [-0.2, -0.15) is 10.2 Å². The molecule has 1 amide bonds. The minimum Gasteiger partial charge on any atom is -0.476 e. The van der Waals surface area contributed by atoms with Crippen LogP contribution < -0.4 is 0 Å². The average molecular weight is 346 g/mol. The number of amides is 1. The maximum absolute atomic E-state index is 12.6. The molecule has 1 fully saturated rings. The number of piperazine rings is 1. The standard InChI is InChI=1S/C16H22N6O3/c1-12(22-4-3-14(18-22)16(24)25)15(23)21-7-5-20(6-8-21)11-13-9-17-19(2)10-13/h3-4,9-10,12H,5-8,11H2,1-2H3,(H,24,25). The van der Waals surface area contributed by atoms with Gasteiger partial charge in [-0.15, -0.1) is 0 Å². The molecular formula is C16H22N6O3. The van der Waals surface area contributed by atoms with E-state index in [0.717, 1.165) is 25.2 Å². The molecule has 9 nitrogen and oxygen atoms in total. The molecule has 0 aromatic carbocycles. The van der Waals surface area contributed by atoms with Crippen molar-refractivity contribution in [3.05, 3.63) is 35.9 Å². The molecule has 3 heterocycles. The van der Waals surface area contributed by atoms with E-state index in [-0.39, 0.29) is 11.6 Å². The summed E-state index contributed by atoms with van der Waals surface area (Å²) in [5.74, 6) is -1.14. The van der Waals surface area contributed by atoms with E-state index >= 15 is 0 Å². The summed E-state index contributed by atoms with van der Waals surface area (Å²) >= 11 is 0. The van der Waals surface area contributed by atoms with Crippen molar-refractivity contribution in [2.24, 2.45) is 7.05 Å². The second kappa shape index (κ2) is 7.06. The zero-order valence-electron chi connectivity index (χ0n) is 14.4. The lowest BCUT2D eigenvalue weighted by Crippen LogP contribution is -2.49. The fourth-order valence-electron chi connectivity index (χ4n) is 2.98. The van der Waals surface area contributed by atoms with Gasteiger partial charge in [-0.3, -0.25) is 19.1 Å². The van der Waals surface area contributed by atoms with Gasteiger partial charge < -0.3 is 10.0 Å². The van der Waals surface area contributed by atoms with Crippen LogP contribution >= 0.6 is 0 Å². The van der Waals surface area contributed by atoms with E-state index in [1.54, 1.807) is 11.6 Å². The first-order chi connectivity index (χ1) is 11.9. The highest BCUT2D eigenvalue weighted by Crippen LogP contribution is 2.14. The van der Waals surface area contributed by atoms with Gasteiger partial charge >= 0.3 is 5.97 Å². The van der Waals surface area contributed by atoms with Crippen LogP contribution in [0.15, 0.2) is 24.7 Å². The quantitative estimate of drug-likeness (QED) is 0.832. The Morgan fingerprint density at radius 2 is 2.00 bits per heavy atom. The van der Waals surface area contributed by atoms with E-state index in [0.29, 0.717) is 13.1 Å². The molecule has 2 aromatic rings. The van der Waals surface area contributed by atoms with Crippen LogP contribution in [0.3, 0.4) is 0 Å². The number of hydrogen-bond acceptors (Lipinski definition) is 5. The van der Waals surface area contributed by atoms with Gasteiger partial charge in [0.1, 0.15) is 6.04 Å². The number of rotatable bonds is 5. The first kappa shape index (κ1) is 17.2. The summed E-state index contributed by atoms with van der Waals surface area (Å²) in [6.45, 7) is 5.46. The van der Waals surface area contributed by atoms with Gasteiger partial charge in [0.15, 0.2) is 5.69 Å². The molecule has 0 saturated carbocycles. The predicted molar refractivity (Wildman–Crippen MR) is 89.0 cm³/mol. The van der Waals surface area contributed by atoms with Crippen LogP contribution in [0.4, 0.5) is 0 Å². The van der Waals surface area contributed by atoms with Crippen molar-refractivity contribution in [3.8, 4) is 0 Å². The lowest BCUT2D eigenvalue weighted by molar-refractivity contribution is -0.136. The lowest BCUT2D eigenvalue weighted by atomic mass is 10.2. The molecule has 0 radical (unpaired) electrons. The van der Waals surface area contributed by atoms with Crippen LogP contribution in [-0.2, 0) is 18.4 Å². The summed E-state index contributed by atoms with van der Waals surface area (Å²) in [6, 6.07) is 0.885. The Morgan fingerprint density at radius 3 is 2.56 bits per heavy atom. The highest BCUT2D eigenvalue weighted by atomic mass is 16.4. The zero-order chi connectivity index (χ0) is 18.0. The first-order valence-electron chi connectivity index (χ1n) is 8.21. The second-order valence-corrected chi connectivity index (χ2v) is 6.29. The third kappa shape index (κ3) is 3.87. The summed E-state index contributed by atoms with van der Waals surface area (Å²) in [5, 5.41) is 17.1. The van der Waals surface area contributed by atoms with E-state index in [1.807, 2.05) is 24.3 Å². The molecule has 1 saturated heterocycles. The lowest BCUT2D eigenvalue weighted by Gasteiger charge is -2.35. The topological polar surface area (TPSA) is 96.5 Å². The fourth-order valence-corrected chi connectivity index (χ4v) is 2.98. The van der Waals surface area contributed by atoms with Crippen LogP contribution in [0.25, 0.3) is 0 Å². The van der Waals surface area contributed by atoms with Crippen LogP contribution in [-0.4, -0.2) is 72.5 Å². The van der Waals surface area contributed by atoms with Crippen LogP contribution in [0.2, 0.25) is 0 Å². The van der Waals surface area contributed by atoms with Gasteiger partial charge in [-0.05, 0) is 13.0 Å². The van der Waals surface area contributed by atoms with Crippen molar-refractivity contribution in [3.63, 3.8) is 0 Å². The van der Waals surface area contributed by atoms with Crippen LogP contribution in [0.1, 0.15) is 29.0 Å². The third-order valence-electron chi connectivity index (χ3n) is 4.43. The number of carboxylic acids is 1. The number of aryl methyl sites for hydroxylation is 1. The Balaban J connectivity index is 1.54. The number of carbonyl (C=O) groups is 2. The van der Waals surface area contributed by atoms with Gasteiger partial charge in [-0.25, -0.2) is 4.79 Å². The Hall–Kier alpha value is -2.68. The Kier molecular flexibility index (Phi) is 4.84. The number of carbonyl (C=O) groups excluding carboxylic acids is 1. The SMILES string of the molecule is CC(C(=O)N1CCN(Cc2cnn(C)c2)CC1)n1ccc(C(=O)O)n1. The number of aromatic nitrogens is 4. The van der Waals surface area contributed by atoms with Crippen molar-refractivity contribution >= 4 is 11.9 Å². The Bertz CT molecular complexity index is 760. The first-order valence-corrected chi connectivity index (χ1v) is 8.21. The Labute approximate surface area is 145 Å². The minimum absolute atomic E-state index is 0.0407. The van der Waals surface area contributed by atoms with Crippen LogP contribution in [0.5, 0.6) is 0 Å². The smallest absolute Gasteiger partial charge is 0.356 e. The molecular weight excluding hydrogens is 324 g/mol. The second-order valence-electron chi connectivity index (χ2n) is 6.29. The average Bonchev–Trinajstić information content (AvgIpc) is 3.23. The summed E-state index contributed by atoms with van der Waals surface area (Å²) in [4.78, 5) is 27.7. The molecule has 25 heavy (non-hydrogen) atoms. The predicted octanol–water partition coefficient (Wildman–Crippen LogP) is 0.220. The maximum atomic E-state index is 12.6. The molecule has 1 aliphatic rings. The number of carboxylic acid groups (broad SMARTS) is 1. The highest BCUT2D eigenvalue weighted by molar-refractivity contribution is 5.85. The molecule has 0 bridgehead atoms. The summed E-state index contributed by atoms with van der Waals surface area (Å²) in [7, 11) is 1.90. The molecule has 3 rings (SSSR count). The summed E-state index contributed by atoms with van der Waals surface area (Å²) in [6.07, 6.45) is 5.39. The molecule has 1 atom stereocenters. The highest BCUT2D eigenvalue weighted by Gasteiger charge is 2.26. The monoisotopic (exact) mass is 346 g/mol. The number of nitrogens with zero attached hydrogens (tertiary/aromatic N) is 6. The van der Waals surface area contributed by atoms with Gasteiger partial charge in [0.05, 0.1) is 6.20 Å². The number of aromatic carboxylic acids is 1. The zero-order valence-corrected chi connectivity index (χ0v) is 14.4. The molecule has 1 unspecified atom stereocenters. The number of hydrogen-bond donors (Lipinski definition) is 1. The van der Waals surface area contributed by atoms with Crippen molar-refractivity contribution in [1.82, 2.24) is 29.4 Å². The van der Waals surface area contributed by atoms with E-state index in [4.69, 9.17) is 5.11 Å². The van der Waals surface area contributed by atoms with E-state index < -0.39 is 12.0 Å². The molecule has 0 aliphatic carbocycles. The van der Waals surface area contributed by atoms with Gasteiger partial charge in [0.25, 0.3) is 0 Å². The molecule has 2 aromatic heterocycles. The molecule has 1 N–H and O–H groups in total. The van der Waals surface area contributed by atoms with E-state index in [1.165, 1.54) is 16.9 Å². The van der Waals surface area contributed by atoms with Gasteiger partial charge in [0.2, 0.25) is 5.91 Å². The van der Waals surface area contributed by atoms with Crippen LogP contribution in [0, 0.1) is 0 Å². The molecule has 0 spiro atoms. The molecule has 134 valence electrons. The van der Waals surface area contributed by atoms with E-state index in [9.17, 15) is 9.59 Å². The third-order valence-corrected chi connectivity index (χ3v) is 4.43. The van der Waals surface area contributed by atoms with Crippen molar-refractivity contribution in [1.29, 1.82) is 0 Å². The Morgan fingerprint density at radius 1 is 1.28 bits per heavy atom. The van der Waals surface area contributed by atoms with Crippen molar-refractivity contribution in [2.45, 2.75) is 19.5 Å². The maximum Gasteiger partial charge on any atom is 0.356 e. The molecule has 1 aliphatic heterocycles. The molecule has 9 heteroatoms. The van der Waals surface area contributed by atoms with Crippen molar-refractivity contribution < 1.29 is 14.7 Å². The largest absolute Gasteiger partial charge is 0.476 e.